The Labute approximate surface area is 170 Å². The minimum absolute atomic E-state index is 0.0992. The molecular formula is C21H16N4O4S. The van der Waals surface area contributed by atoms with Gasteiger partial charge >= 0.3 is 0 Å². The van der Waals surface area contributed by atoms with Crippen LogP contribution in [-0.4, -0.2) is 28.4 Å². The molecule has 0 radical (unpaired) electrons. The number of aromatic amines is 1. The van der Waals surface area contributed by atoms with Crippen molar-refractivity contribution >= 4 is 31.6 Å². The molecule has 1 N–H and O–H groups in total. The molecule has 3 heterocycles. The van der Waals surface area contributed by atoms with E-state index < -0.39 is 9.84 Å². The Morgan fingerprint density at radius 2 is 1.80 bits per heavy atom. The Kier molecular flexibility index (Phi) is 4.07. The first-order valence-electron chi connectivity index (χ1n) is 9.15. The van der Waals surface area contributed by atoms with Gasteiger partial charge in [0.05, 0.1) is 33.6 Å². The highest BCUT2D eigenvalue weighted by atomic mass is 32.2. The molecule has 0 spiro atoms. The first kappa shape index (κ1) is 18.3. The van der Waals surface area contributed by atoms with Crippen LogP contribution in [0.25, 0.3) is 21.7 Å². The number of nitrogens with zero attached hydrogens (tertiary/aromatic N) is 3. The second kappa shape index (κ2) is 6.67. The van der Waals surface area contributed by atoms with E-state index in [9.17, 15) is 13.2 Å². The number of fused-ring (bicyclic) bond motifs is 2. The molecule has 0 saturated heterocycles. The lowest BCUT2D eigenvalue weighted by molar-refractivity contribution is 0.578. The maximum atomic E-state index is 13.1. The zero-order valence-electron chi connectivity index (χ0n) is 15.9. The van der Waals surface area contributed by atoms with E-state index in [2.05, 4.69) is 15.3 Å². The number of nitrogens with one attached hydrogen (secondary N) is 1. The number of benzene rings is 2. The average molecular weight is 420 g/mol. The van der Waals surface area contributed by atoms with Gasteiger partial charge < -0.3 is 4.42 Å². The minimum Gasteiger partial charge on any atom is -0.461 e. The molecular weight excluding hydrogens is 404 g/mol. The van der Waals surface area contributed by atoms with Gasteiger partial charge in [-0.1, -0.05) is 0 Å². The van der Waals surface area contributed by atoms with E-state index in [-0.39, 0.29) is 21.9 Å². The topological polar surface area (TPSA) is 111 Å². The van der Waals surface area contributed by atoms with Gasteiger partial charge in [0, 0.05) is 17.0 Å². The summed E-state index contributed by atoms with van der Waals surface area (Å²) in [6.07, 6.45) is 3.09. The fourth-order valence-corrected chi connectivity index (χ4v) is 4.77. The summed E-state index contributed by atoms with van der Waals surface area (Å²) >= 11 is 0. The van der Waals surface area contributed by atoms with Gasteiger partial charge in [-0.25, -0.2) is 13.1 Å². The first-order chi connectivity index (χ1) is 14.4. The molecule has 0 fully saturated rings. The number of aryl methyl sites for hydroxylation is 1. The summed E-state index contributed by atoms with van der Waals surface area (Å²) in [5.74, 6) is 0.711. The van der Waals surface area contributed by atoms with Gasteiger partial charge in [0.1, 0.15) is 11.3 Å². The average Bonchev–Trinajstić information content (AvgIpc) is 3.37. The third-order valence-corrected chi connectivity index (χ3v) is 6.68. The van der Waals surface area contributed by atoms with Crippen molar-refractivity contribution in [1.82, 2.24) is 20.0 Å². The molecule has 0 aliphatic heterocycles. The van der Waals surface area contributed by atoms with E-state index in [4.69, 9.17) is 4.42 Å². The third kappa shape index (κ3) is 3.00. The fourth-order valence-electron chi connectivity index (χ4n) is 3.44. The molecule has 0 aliphatic rings. The summed E-state index contributed by atoms with van der Waals surface area (Å²) in [5.41, 5.74) is 1.07. The second-order valence-electron chi connectivity index (χ2n) is 7.00. The number of hydrogen-bond donors (Lipinski definition) is 1. The molecule has 2 aromatic carbocycles. The molecule has 0 amide bonds. The van der Waals surface area contributed by atoms with Crippen LogP contribution in [0, 0.1) is 6.92 Å². The molecule has 0 unspecified atom stereocenters. The van der Waals surface area contributed by atoms with Crippen molar-refractivity contribution in [3.05, 3.63) is 82.7 Å². The second-order valence-corrected chi connectivity index (χ2v) is 8.95. The highest BCUT2D eigenvalue weighted by Crippen LogP contribution is 2.27. The first-order valence-corrected chi connectivity index (χ1v) is 10.6. The number of rotatable bonds is 4. The molecule has 5 rings (SSSR count). The zero-order chi connectivity index (χ0) is 20.9. The molecule has 150 valence electrons. The monoisotopic (exact) mass is 420 g/mol. The fraction of sp³-hybridized carbons (Fsp3) is 0.0952. The Morgan fingerprint density at radius 1 is 1.03 bits per heavy atom. The summed E-state index contributed by atoms with van der Waals surface area (Å²) in [4.78, 5) is 13.0. The quantitative estimate of drug-likeness (QED) is 0.478. The number of H-pyrrole nitrogens is 1. The van der Waals surface area contributed by atoms with Crippen molar-refractivity contribution < 1.29 is 12.8 Å². The number of furan rings is 1. The van der Waals surface area contributed by atoms with Crippen molar-refractivity contribution in [2.45, 2.75) is 23.3 Å². The molecule has 0 bridgehead atoms. The van der Waals surface area contributed by atoms with E-state index in [1.54, 1.807) is 30.5 Å². The van der Waals surface area contributed by atoms with Gasteiger partial charge in [-0.3, -0.25) is 9.89 Å². The van der Waals surface area contributed by atoms with Crippen molar-refractivity contribution in [1.29, 1.82) is 0 Å². The lowest BCUT2D eigenvalue weighted by Gasteiger charge is -2.08. The molecule has 5 aromatic rings. The summed E-state index contributed by atoms with van der Waals surface area (Å²) in [5, 5.41) is 12.4. The number of hydrogen-bond acceptors (Lipinski definition) is 6. The Bertz CT molecular complexity index is 1560. The highest BCUT2D eigenvalue weighted by Gasteiger charge is 2.20. The maximum Gasteiger partial charge on any atom is 0.274 e. The van der Waals surface area contributed by atoms with E-state index in [0.29, 0.717) is 22.1 Å². The highest BCUT2D eigenvalue weighted by molar-refractivity contribution is 7.91. The summed E-state index contributed by atoms with van der Waals surface area (Å²) in [7, 11) is -3.77. The van der Waals surface area contributed by atoms with Crippen molar-refractivity contribution in [3.8, 4) is 0 Å². The summed E-state index contributed by atoms with van der Waals surface area (Å²) < 4.78 is 33.1. The van der Waals surface area contributed by atoms with E-state index >= 15 is 0 Å². The minimum atomic E-state index is -3.77. The van der Waals surface area contributed by atoms with Crippen LogP contribution in [0.3, 0.4) is 0 Å². The van der Waals surface area contributed by atoms with Crippen LogP contribution < -0.4 is 5.56 Å². The molecule has 0 saturated carbocycles. The largest absolute Gasteiger partial charge is 0.461 e. The molecule has 0 aliphatic carbocycles. The van der Waals surface area contributed by atoms with Crippen LogP contribution in [0.4, 0.5) is 0 Å². The maximum absolute atomic E-state index is 13.1. The Hall–Kier alpha value is -3.72. The molecule has 9 heteroatoms. The van der Waals surface area contributed by atoms with Crippen LogP contribution >= 0.6 is 0 Å². The van der Waals surface area contributed by atoms with E-state index in [1.807, 2.05) is 6.92 Å². The summed E-state index contributed by atoms with van der Waals surface area (Å²) in [6, 6.07) is 12.8. The lowest BCUT2D eigenvalue weighted by Crippen LogP contribution is -2.23. The molecule has 3 aromatic heterocycles. The van der Waals surface area contributed by atoms with Crippen molar-refractivity contribution in [2.24, 2.45) is 0 Å². The SMILES string of the molecule is Cc1cc2cc(S(=O)(=O)c3ccc4c(=O)n(Cc5ccn[nH]5)ncc4c3)ccc2o1. The Balaban J connectivity index is 1.57. The zero-order valence-corrected chi connectivity index (χ0v) is 16.7. The van der Waals surface area contributed by atoms with Crippen LogP contribution in [0.2, 0.25) is 0 Å². The Morgan fingerprint density at radius 3 is 2.57 bits per heavy atom. The smallest absolute Gasteiger partial charge is 0.274 e. The van der Waals surface area contributed by atoms with Gasteiger partial charge in [0.15, 0.2) is 0 Å². The summed E-state index contributed by atoms with van der Waals surface area (Å²) in [6.45, 7) is 2.06. The van der Waals surface area contributed by atoms with Gasteiger partial charge in [-0.05, 0) is 55.5 Å². The van der Waals surface area contributed by atoms with Crippen LogP contribution in [-0.2, 0) is 16.4 Å². The molecule has 30 heavy (non-hydrogen) atoms. The van der Waals surface area contributed by atoms with Gasteiger partial charge in [0.2, 0.25) is 9.84 Å². The lowest BCUT2D eigenvalue weighted by atomic mass is 10.2. The van der Waals surface area contributed by atoms with Crippen LogP contribution in [0.1, 0.15) is 11.5 Å². The van der Waals surface area contributed by atoms with Crippen molar-refractivity contribution in [2.75, 3.05) is 0 Å². The standard InChI is InChI=1S/C21H16N4O4S/c1-13-8-14-9-18(3-5-20(14)29-13)30(27,28)17-2-4-19-15(10-17)11-23-25(21(19)26)12-16-6-7-22-24-16/h2-11H,12H2,1H3,(H,22,24). The number of aromatic nitrogens is 4. The third-order valence-electron chi connectivity index (χ3n) is 4.93. The van der Waals surface area contributed by atoms with Crippen molar-refractivity contribution in [3.63, 3.8) is 0 Å². The van der Waals surface area contributed by atoms with Gasteiger partial charge in [0.25, 0.3) is 5.56 Å². The van der Waals surface area contributed by atoms with Gasteiger partial charge in [-0.15, -0.1) is 0 Å². The molecule has 8 nitrogen and oxygen atoms in total. The number of sulfone groups is 1. The van der Waals surface area contributed by atoms with E-state index in [0.717, 1.165) is 11.1 Å². The predicted molar refractivity (Wildman–Crippen MR) is 110 cm³/mol. The molecule has 0 atom stereocenters. The normalized spacial score (nSPS) is 12.0. The van der Waals surface area contributed by atoms with Crippen LogP contribution in [0.15, 0.2) is 79.9 Å². The predicted octanol–water partition coefficient (Wildman–Crippen LogP) is 3.06. The van der Waals surface area contributed by atoms with Crippen LogP contribution in [0.5, 0.6) is 0 Å². The van der Waals surface area contributed by atoms with E-state index in [1.165, 1.54) is 35.1 Å². The van der Waals surface area contributed by atoms with Gasteiger partial charge in [-0.2, -0.15) is 10.2 Å².